The van der Waals surface area contributed by atoms with Crippen LogP contribution in [-0.2, 0) is 9.53 Å². The van der Waals surface area contributed by atoms with Crippen molar-refractivity contribution in [2.75, 3.05) is 13.7 Å². The highest BCUT2D eigenvalue weighted by molar-refractivity contribution is 5.78. The Labute approximate surface area is 102 Å². The third-order valence-electron chi connectivity index (χ3n) is 3.40. The van der Waals surface area contributed by atoms with Crippen molar-refractivity contribution in [2.45, 2.75) is 33.6 Å². The maximum Gasteiger partial charge on any atom is 0.313 e. The number of aliphatic carboxylic acids is 1. The number of aryl methyl sites for hydroxylation is 2. The van der Waals surface area contributed by atoms with Crippen molar-refractivity contribution in [1.82, 2.24) is 0 Å². The fourth-order valence-corrected chi connectivity index (χ4v) is 2.21. The number of ether oxygens (including phenoxy) is 1. The smallest absolute Gasteiger partial charge is 0.313 e. The van der Waals surface area contributed by atoms with E-state index in [4.69, 9.17) is 4.74 Å². The summed E-state index contributed by atoms with van der Waals surface area (Å²) in [6.45, 7) is 8.18. The zero-order chi connectivity index (χ0) is 13.2. The van der Waals surface area contributed by atoms with Gasteiger partial charge in [0.15, 0.2) is 0 Å². The molecule has 0 aliphatic carbocycles. The van der Waals surface area contributed by atoms with Crippen LogP contribution >= 0.6 is 0 Å². The zero-order valence-electron chi connectivity index (χ0n) is 11.1. The van der Waals surface area contributed by atoms with Crippen LogP contribution in [0.5, 0.6) is 0 Å². The highest BCUT2D eigenvalue weighted by atomic mass is 16.5. The van der Waals surface area contributed by atoms with Crippen molar-refractivity contribution < 1.29 is 14.6 Å². The molecule has 0 fully saturated rings. The first-order valence-corrected chi connectivity index (χ1v) is 5.69. The molecule has 1 aromatic carbocycles. The van der Waals surface area contributed by atoms with E-state index >= 15 is 0 Å². The van der Waals surface area contributed by atoms with E-state index in [1.807, 2.05) is 27.7 Å². The normalized spacial score (nSPS) is 12.5. The predicted octanol–water partition coefficient (Wildman–Crippen LogP) is 2.73. The number of hydrogen-bond acceptors (Lipinski definition) is 2. The lowest BCUT2D eigenvalue weighted by Crippen LogP contribution is -2.20. The molecule has 1 atom stereocenters. The van der Waals surface area contributed by atoms with Crippen molar-refractivity contribution in [3.63, 3.8) is 0 Å². The SMILES string of the molecule is COCC(C(=O)O)c1c(C)c(C)cc(C)c1C. The number of carboxylic acid groups (broad SMARTS) is 1. The summed E-state index contributed by atoms with van der Waals surface area (Å²) in [6.07, 6.45) is 0. The van der Waals surface area contributed by atoms with Crippen molar-refractivity contribution in [3.05, 3.63) is 33.9 Å². The summed E-state index contributed by atoms with van der Waals surface area (Å²) in [5, 5.41) is 9.31. The Balaban J connectivity index is 3.41. The molecule has 0 saturated heterocycles. The monoisotopic (exact) mass is 236 g/mol. The van der Waals surface area contributed by atoms with Gasteiger partial charge in [0.1, 0.15) is 5.92 Å². The van der Waals surface area contributed by atoms with Crippen LogP contribution in [0, 0.1) is 27.7 Å². The first-order chi connectivity index (χ1) is 7.90. The fourth-order valence-electron chi connectivity index (χ4n) is 2.21. The Morgan fingerprint density at radius 2 is 1.71 bits per heavy atom. The number of carbonyl (C=O) groups is 1. The van der Waals surface area contributed by atoms with Gasteiger partial charge >= 0.3 is 5.97 Å². The third kappa shape index (κ3) is 2.67. The van der Waals surface area contributed by atoms with Gasteiger partial charge in [0, 0.05) is 7.11 Å². The summed E-state index contributed by atoms with van der Waals surface area (Å²) < 4.78 is 5.03. The Bertz CT molecular complexity index is 409. The van der Waals surface area contributed by atoms with E-state index in [-0.39, 0.29) is 6.61 Å². The minimum atomic E-state index is -0.831. The maximum absolute atomic E-state index is 11.3. The van der Waals surface area contributed by atoms with E-state index in [1.165, 1.54) is 7.11 Å². The van der Waals surface area contributed by atoms with Gasteiger partial charge in [-0.15, -0.1) is 0 Å². The summed E-state index contributed by atoms with van der Waals surface area (Å²) in [5.41, 5.74) is 5.27. The molecule has 17 heavy (non-hydrogen) atoms. The molecule has 1 N–H and O–H groups in total. The molecule has 0 aliphatic heterocycles. The number of rotatable bonds is 4. The van der Waals surface area contributed by atoms with Crippen LogP contribution < -0.4 is 0 Å². The molecule has 0 heterocycles. The molecule has 3 nitrogen and oxygen atoms in total. The van der Waals surface area contributed by atoms with Crippen LogP contribution in [0.25, 0.3) is 0 Å². The van der Waals surface area contributed by atoms with Gasteiger partial charge in [0.2, 0.25) is 0 Å². The standard InChI is InChI=1S/C14H20O3/c1-8-6-9(2)11(4)13(10(8)3)12(7-17-5)14(15)16/h6,12H,7H2,1-5H3,(H,15,16). The molecule has 0 amide bonds. The topological polar surface area (TPSA) is 46.5 Å². The quantitative estimate of drug-likeness (QED) is 0.874. The summed E-state index contributed by atoms with van der Waals surface area (Å²) in [4.78, 5) is 11.3. The average Bonchev–Trinajstić information content (AvgIpc) is 2.25. The predicted molar refractivity (Wildman–Crippen MR) is 67.6 cm³/mol. The first-order valence-electron chi connectivity index (χ1n) is 5.69. The maximum atomic E-state index is 11.3. The molecule has 0 saturated carbocycles. The molecule has 0 bridgehead atoms. The molecule has 1 aromatic rings. The molecule has 0 aromatic heterocycles. The lowest BCUT2D eigenvalue weighted by molar-refractivity contribution is -0.140. The van der Waals surface area contributed by atoms with Gasteiger partial charge in [0.25, 0.3) is 0 Å². The van der Waals surface area contributed by atoms with Crippen LogP contribution in [0.1, 0.15) is 33.7 Å². The molecule has 94 valence electrons. The minimum Gasteiger partial charge on any atom is -0.481 e. The third-order valence-corrected chi connectivity index (χ3v) is 3.40. The molecule has 0 spiro atoms. The molecule has 1 unspecified atom stereocenters. The Morgan fingerprint density at radius 1 is 1.24 bits per heavy atom. The summed E-state index contributed by atoms with van der Waals surface area (Å²) >= 11 is 0. The van der Waals surface area contributed by atoms with Gasteiger partial charge in [0.05, 0.1) is 6.61 Å². The summed E-state index contributed by atoms with van der Waals surface area (Å²) in [5.74, 6) is -1.42. The molecule has 0 aliphatic rings. The van der Waals surface area contributed by atoms with Crippen LogP contribution in [0.3, 0.4) is 0 Å². The zero-order valence-corrected chi connectivity index (χ0v) is 11.1. The Morgan fingerprint density at radius 3 is 2.06 bits per heavy atom. The second-order valence-corrected chi connectivity index (χ2v) is 4.52. The van der Waals surface area contributed by atoms with E-state index in [9.17, 15) is 9.90 Å². The van der Waals surface area contributed by atoms with E-state index < -0.39 is 11.9 Å². The number of methoxy groups -OCH3 is 1. The Hall–Kier alpha value is -1.35. The van der Waals surface area contributed by atoms with Crippen LogP contribution in [0.2, 0.25) is 0 Å². The van der Waals surface area contributed by atoms with E-state index in [0.717, 1.165) is 27.8 Å². The van der Waals surface area contributed by atoms with Gasteiger partial charge in [-0.1, -0.05) is 6.07 Å². The summed E-state index contributed by atoms with van der Waals surface area (Å²) in [7, 11) is 1.53. The molecule has 0 radical (unpaired) electrons. The van der Waals surface area contributed by atoms with Gasteiger partial charge in [-0.2, -0.15) is 0 Å². The van der Waals surface area contributed by atoms with Crippen molar-refractivity contribution in [2.24, 2.45) is 0 Å². The van der Waals surface area contributed by atoms with Gasteiger partial charge in [-0.25, -0.2) is 0 Å². The van der Waals surface area contributed by atoms with Gasteiger partial charge in [-0.3, -0.25) is 4.79 Å². The number of benzene rings is 1. The van der Waals surface area contributed by atoms with Gasteiger partial charge < -0.3 is 9.84 Å². The highest BCUT2D eigenvalue weighted by Crippen LogP contribution is 2.29. The van der Waals surface area contributed by atoms with Crippen molar-refractivity contribution in [1.29, 1.82) is 0 Å². The largest absolute Gasteiger partial charge is 0.481 e. The fraction of sp³-hybridized carbons (Fsp3) is 0.500. The number of hydrogen-bond donors (Lipinski definition) is 1. The first kappa shape index (κ1) is 13.7. The van der Waals surface area contributed by atoms with E-state index in [0.29, 0.717) is 0 Å². The van der Waals surface area contributed by atoms with Crippen LogP contribution in [0.4, 0.5) is 0 Å². The molecular formula is C14H20O3. The Kier molecular flexibility index (Phi) is 4.29. The lowest BCUT2D eigenvalue weighted by atomic mass is 9.86. The van der Waals surface area contributed by atoms with E-state index in [2.05, 4.69) is 6.07 Å². The van der Waals surface area contributed by atoms with Crippen molar-refractivity contribution >= 4 is 5.97 Å². The molecular weight excluding hydrogens is 216 g/mol. The van der Waals surface area contributed by atoms with Crippen LogP contribution in [-0.4, -0.2) is 24.8 Å². The van der Waals surface area contributed by atoms with Crippen LogP contribution in [0.15, 0.2) is 6.07 Å². The number of carboxylic acids is 1. The summed E-state index contributed by atoms with van der Waals surface area (Å²) in [6, 6.07) is 2.10. The second kappa shape index (κ2) is 5.32. The van der Waals surface area contributed by atoms with E-state index in [1.54, 1.807) is 0 Å². The molecule has 1 rings (SSSR count). The second-order valence-electron chi connectivity index (χ2n) is 4.52. The lowest BCUT2D eigenvalue weighted by Gasteiger charge is -2.20. The molecule has 3 heteroatoms. The van der Waals surface area contributed by atoms with Crippen molar-refractivity contribution in [3.8, 4) is 0 Å². The highest BCUT2D eigenvalue weighted by Gasteiger charge is 2.24. The van der Waals surface area contributed by atoms with Gasteiger partial charge in [-0.05, 0) is 55.5 Å². The average molecular weight is 236 g/mol. The minimum absolute atomic E-state index is 0.208.